The van der Waals surface area contributed by atoms with E-state index in [1.807, 2.05) is 42.5 Å². The van der Waals surface area contributed by atoms with Crippen LogP contribution in [0.5, 0.6) is 0 Å². The van der Waals surface area contributed by atoms with E-state index < -0.39 is 0 Å². The molecule has 3 rings (SSSR count). The van der Waals surface area contributed by atoms with Gasteiger partial charge in [-0.25, -0.2) is 4.39 Å². The predicted molar refractivity (Wildman–Crippen MR) is 105 cm³/mol. The van der Waals surface area contributed by atoms with Crippen LogP contribution in [-0.2, 0) is 4.79 Å². The quantitative estimate of drug-likeness (QED) is 0.442. The minimum Gasteiger partial charge on any atom is -0.315 e. The summed E-state index contributed by atoms with van der Waals surface area (Å²) in [7, 11) is 0. The van der Waals surface area contributed by atoms with E-state index >= 15 is 0 Å². The molecule has 144 valence electrons. The number of benzene rings is 2. The topological polar surface area (TPSA) is 98.6 Å². The maximum Gasteiger partial charge on any atom is 0.234 e. The van der Waals surface area contributed by atoms with E-state index in [1.54, 1.807) is 16.7 Å². The van der Waals surface area contributed by atoms with Crippen LogP contribution in [0.25, 0.3) is 17.1 Å². The van der Waals surface area contributed by atoms with E-state index in [1.165, 1.54) is 17.0 Å². The van der Waals surface area contributed by atoms with Gasteiger partial charge >= 0.3 is 0 Å². The molecule has 0 spiro atoms. The van der Waals surface area contributed by atoms with Gasteiger partial charge in [0.1, 0.15) is 18.9 Å². The maximum absolute atomic E-state index is 13.3. The standard InChI is InChI=1S/C20H15FN6OS/c21-16-8-6-15(7-9-16)19-24-25-20(27(19)17-4-2-1-3-5-17)29-14-18(28)26(12-10-22)13-11-23/h1-9H,12-14H2. The van der Waals surface area contributed by atoms with E-state index in [4.69, 9.17) is 10.5 Å². The van der Waals surface area contributed by atoms with Crippen molar-refractivity contribution in [1.82, 2.24) is 19.7 Å². The average Bonchev–Trinajstić information content (AvgIpc) is 3.17. The Morgan fingerprint density at radius 3 is 2.31 bits per heavy atom. The molecule has 0 N–H and O–H groups in total. The summed E-state index contributed by atoms with van der Waals surface area (Å²) in [6.45, 7) is -0.307. The van der Waals surface area contributed by atoms with Gasteiger partial charge in [0.15, 0.2) is 11.0 Å². The number of carbonyl (C=O) groups is 1. The number of thioether (sulfide) groups is 1. The van der Waals surface area contributed by atoms with Crippen LogP contribution in [0.3, 0.4) is 0 Å². The highest BCUT2D eigenvalue weighted by Crippen LogP contribution is 2.28. The number of hydrogen-bond donors (Lipinski definition) is 0. The Balaban J connectivity index is 1.91. The molecule has 3 aromatic rings. The third kappa shape index (κ3) is 4.78. The fourth-order valence-electron chi connectivity index (χ4n) is 2.58. The van der Waals surface area contributed by atoms with Crippen molar-refractivity contribution in [3.8, 4) is 29.2 Å². The Morgan fingerprint density at radius 2 is 1.69 bits per heavy atom. The van der Waals surface area contributed by atoms with E-state index in [0.29, 0.717) is 16.5 Å². The van der Waals surface area contributed by atoms with E-state index in [2.05, 4.69) is 10.2 Å². The van der Waals surface area contributed by atoms with Crippen molar-refractivity contribution in [3.63, 3.8) is 0 Å². The first-order valence-corrected chi connectivity index (χ1v) is 9.54. The second-order valence-electron chi connectivity index (χ2n) is 5.84. The largest absolute Gasteiger partial charge is 0.315 e. The molecule has 0 aliphatic heterocycles. The van der Waals surface area contributed by atoms with Gasteiger partial charge in [-0.1, -0.05) is 30.0 Å². The lowest BCUT2D eigenvalue weighted by Gasteiger charge is -2.15. The molecule has 1 heterocycles. The molecular weight excluding hydrogens is 391 g/mol. The number of hydrogen-bond acceptors (Lipinski definition) is 6. The number of amides is 1. The summed E-state index contributed by atoms with van der Waals surface area (Å²) in [5.74, 6) is -0.187. The number of carbonyl (C=O) groups excluding carboxylic acids is 1. The summed E-state index contributed by atoms with van der Waals surface area (Å²) in [6, 6.07) is 19.0. The molecule has 0 saturated heterocycles. The van der Waals surface area contributed by atoms with Crippen molar-refractivity contribution in [1.29, 1.82) is 10.5 Å². The Morgan fingerprint density at radius 1 is 1.03 bits per heavy atom. The lowest BCUT2D eigenvalue weighted by Crippen LogP contribution is -2.33. The van der Waals surface area contributed by atoms with Gasteiger partial charge in [0, 0.05) is 11.3 Å². The monoisotopic (exact) mass is 406 g/mol. The highest BCUT2D eigenvalue weighted by Gasteiger charge is 2.19. The first-order valence-electron chi connectivity index (χ1n) is 8.55. The summed E-state index contributed by atoms with van der Waals surface area (Å²) in [5, 5.41) is 26.5. The molecular formula is C20H15FN6OS. The van der Waals surface area contributed by atoms with Gasteiger partial charge < -0.3 is 4.90 Å². The summed E-state index contributed by atoms with van der Waals surface area (Å²) >= 11 is 1.15. The van der Waals surface area contributed by atoms with Crippen molar-refractivity contribution in [2.75, 3.05) is 18.8 Å². The molecule has 7 nitrogen and oxygen atoms in total. The van der Waals surface area contributed by atoms with Crippen molar-refractivity contribution in [2.24, 2.45) is 0 Å². The van der Waals surface area contributed by atoms with Crippen LogP contribution >= 0.6 is 11.8 Å². The summed E-state index contributed by atoms with van der Waals surface area (Å²) in [4.78, 5) is 13.5. The number of nitriles is 2. The summed E-state index contributed by atoms with van der Waals surface area (Å²) in [5.41, 5.74) is 1.47. The minimum atomic E-state index is -0.352. The van der Waals surface area contributed by atoms with Crippen LogP contribution in [0.4, 0.5) is 4.39 Å². The van der Waals surface area contributed by atoms with Gasteiger partial charge in [-0.05, 0) is 36.4 Å². The lowest BCUT2D eigenvalue weighted by molar-refractivity contribution is -0.127. The van der Waals surface area contributed by atoms with Crippen molar-refractivity contribution in [3.05, 3.63) is 60.4 Å². The van der Waals surface area contributed by atoms with Crippen molar-refractivity contribution >= 4 is 17.7 Å². The van der Waals surface area contributed by atoms with E-state index in [-0.39, 0.29) is 30.6 Å². The van der Waals surface area contributed by atoms with Crippen molar-refractivity contribution < 1.29 is 9.18 Å². The molecule has 0 aliphatic carbocycles. The molecule has 0 bridgehead atoms. The first-order chi connectivity index (χ1) is 14.1. The third-order valence-electron chi connectivity index (χ3n) is 3.95. The Bertz CT molecular complexity index is 1050. The average molecular weight is 406 g/mol. The van der Waals surface area contributed by atoms with Crippen LogP contribution in [0, 0.1) is 28.5 Å². The van der Waals surface area contributed by atoms with Gasteiger partial charge in [-0.15, -0.1) is 10.2 Å². The van der Waals surface area contributed by atoms with E-state index in [0.717, 1.165) is 17.4 Å². The normalized spacial score (nSPS) is 10.2. The molecule has 0 unspecified atom stereocenters. The predicted octanol–water partition coefficient (Wildman–Crippen LogP) is 3.04. The van der Waals surface area contributed by atoms with Gasteiger partial charge in [-0.3, -0.25) is 9.36 Å². The van der Waals surface area contributed by atoms with Crippen LogP contribution in [0.2, 0.25) is 0 Å². The molecule has 1 amide bonds. The zero-order valence-corrected chi connectivity index (χ0v) is 16.0. The zero-order valence-electron chi connectivity index (χ0n) is 15.2. The molecule has 9 heteroatoms. The van der Waals surface area contributed by atoms with Gasteiger partial charge in [0.25, 0.3) is 0 Å². The smallest absolute Gasteiger partial charge is 0.234 e. The fourth-order valence-corrected chi connectivity index (χ4v) is 3.43. The second-order valence-corrected chi connectivity index (χ2v) is 6.78. The van der Waals surface area contributed by atoms with Crippen LogP contribution in [0.1, 0.15) is 0 Å². The Kier molecular flexibility index (Phi) is 6.56. The second kappa shape index (κ2) is 9.49. The molecule has 0 saturated carbocycles. The van der Waals surface area contributed by atoms with Crippen molar-refractivity contribution in [2.45, 2.75) is 5.16 Å². The van der Waals surface area contributed by atoms with Gasteiger partial charge in [-0.2, -0.15) is 10.5 Å². The summed E-state index contributed by atoms with van der Waals surface area (Å²) < 4.78 is 15.1. The highest BCUT2D eigenvalue weighted by molar-refractivity contribution is 7.99. The third-order valence-corrected chi connectivity index (χ3v) is 4.86. The number of halogens is 1. The molecule has 2 aromatic carbocycles. The molecule has 0 fully saturated rings. The minimum absolute atomic E-state index is 0.00224. The molecule has 1 aromatic heterocycles. The number of rotatable bonds is 7. The molecule has 0 radical (unpaired) electrons. The molecule has 0 atom stereocenters. The highest BCUT2D eigenvalue weighted by atomic mass is 32.2. The van der Waals surface area contributed by atoms with Gasteiger partial charge in [0.2, 0.25) is 5.91 Å². The SMILES string of the molecule is N#CCN(CC#N)C(=O)CSc1nnc(-c2ccc(F)cc2)n1-c1ccccc1. The lowest BCUT2D eigenvalue weighted by atomic mass is 10.2. The Labute approximate surface area is 171 Å². The maximum atomic E-state index is 13.3. The number of nitrogens with zero attached hydrogens (tertiary/aromatic N) is 6. The molecule has 29 heavy (non-hydrogen) atoms. The van der Waals surface area contributed by atoms with Crippen LogP contribution < -0.4 is 0 Å². The zero-order chi connectivity index (χ0) is 20.6. The number of aromatic nitrogens is 3. The molecule has 0 aliphatic rings. The summed E-state index contributed by atoms with van der Waals surface area (Å²) in [6.07, 6.45) is 0. The fraction of sp³-hybridized carbons (Fsp3) is 0.150. The van der Waals surface area contributed by atoms with Gasteiger partial charge in [0.05, 0.1) is 17.9 Å². The van der Waals surface area contributed by atoms with Crippen LogP contribution in [0.15, 0.2) is 59.8 Å². The van der Waals surface area contributed by atoms with E-state index in [9.17, 15) is 9.18 Å². The van der Waals surface area contributed by atoms with Crippen LogP contribution in [-0.4, -0.2) is 44.4 Å². The Hall–Kier alpha value is -3.69. The number of para-hydroxylation sites is 1. The first kappa shape index (κ1) is 20.1.